The van der Waals surface area contributed by atoms with Crippen molar-refractivity contribution in [2.75, 3.05) is 18.0 Å². The van der Waals surface area contributed by atoms with E-state index in [1.54, 1.807) is 0 Å². The number of aromatic nitrogens is 2. The van der Waals surface area contributed by atoms with E-state index in [0.29, 0.717) is 49.3 Å². The number of alkyl halides is 3. The molecule has 1 saturated heterocycles. The van der Waals surface area contributed by atoms with Crippen LogP contribution in [0.3, 0.4) is 0 Å². The molecule has 1 aromatic heterocycles. The zero-order chi connectivity index (χ0) is 23.3. The molecule has 8 heteroatoms. The Hall–Kier alpha value is -3.13. The maximum atomic E-state index is 14.0. The van der Waals surface area contributed by atoms with Crippen LogP contribution in [-0.2, 0) is 19.0 Å². The lowest BCUT2D eigenvalue weighted by Gasteiger charge is -2.22. The summed E-state index contributed by atoms with van der Waals surface area (Å²) in [5.74, 6) is 0. The molecular weight excluding hydrogens is 431 g/mol. The number of aryl methyl sites for hydroxylation is 1. The van der Waals surface area contributed by atoms with E-state index in [-0.39, 0.29) is 5.69 Å². The summed E-state index contributed by atoms with van der Waals surface area (Å²) in [6, 6.07) is 11.3. The molecule has 1 fully saturated rings. The average molecular weight is 455 g/mol. The molecule has 0 saturated carbocycles. The van der Waals surface area contributed by atoms with Crippen LogP contribution in [0.5, 0.6) is 0 Å². The van der Waals surface area contributed by atoms with E-state index in [1.807, 2.05) is 36.1 Å². The van der Waals surface area contributed by atoms with Crippen molar-refractivity contribution < 1.29 is 18.3 Å². The third kappa shape index (κ3) is 3.82. The van der Waals surface area contributed by atoms with Gasteiger partial charge in [-0.2, -0.15) is 23.0 Å². The summed E-state index contributed by atoms with van der Waals surface area (Å²) in [6.07, 6.45) is -2.65. The largest absolute Gasteiger partial charge is 0.418 e. The monoisotopic (exact) mass is 455 g/mol. The van der Waals surface area contributed by atoms with Gasteiger partial charge >= 0.3 is 6.18 Å². The summed E-state index contributed by atoms with van der Waals surface area (Å²) in [7, 11) is 0. The Labute approximate surface area is 189 Å². The standard InChI is InChI=1S/C25H24F3N3O2/c1-15-5-2-3-6-18(15)23-19-7-4-8-20(19)24(33)31(29-23)22-13-16(30-12-11-17(32)14-30)9-10-21(22)25(26,27)28/h2-3,5-6,9-10,13,17,32H,4,7-8,11-12,14H2,1H3. The molecule has 1 N–H and O–H groups in total. The number of aliphatic hydroxyl groups excluding tert-OH is 1. The fraction of sp³-hybridized carbons (Fsp3) is 0.360. The van der Waals surface area contributed by atoms with Gasteiger partial charge in [0.2, 0.25) is 0 Å². The number of halogens is 3. The predicted octanol–water partition coefficient (Wildman–Crippen LogP) is 4.29. The fourth-order valence-electron chi connectivity index (χ4n) is 4.90. The third-order valence-electron chi connectivity index (χ3n) is 6.60. The fourth-order valence-corrected chi connectivity index (χ4v) is 4.90. The Bertz CT molecular complexity index is 1280. The van der Waals surface area contributed by atoms with Gasteiger partial charge in [-0.25, -0.2) is 0 Å². The van der Waals surface area contributed by atoms with Gasteiger partial charge in [-0.15, -0.1) is 0 Å². The number of β-amino-alcohol motifs (C(OH)–C–C–N with tert-alkyl or cyclic N) is 1. The lowest BCUT2D eigenvalue weighted by Crippen LogP contribution is -2.29. The van der Waals surface area contributed by atoms with E-state index in [1.165, 1.54) is 12.1 Å². The molecule has 0 spiro atoms. The minimum absolute atomic E-state index is 0.282. The second-order valence-corrected chi connectivity index (χ2v) is 8.78. The molecule has 1 aliphatic carbocycles. The Morgan fingerprint density at radius 2 is 1.85 bits per heavy atom. The highest BCUT2D eigenvalue weighted by Gasteiger charge is 2.36. The molecule has 1 atom stereocenters. The highest BCUT2D eigenvalue weighted by Crippen LogP contribution is 2.37. The Morgan fingerprint density at radius 3 is 2.55 bits per heavy atom. The van der Waals surface area contributed by atoms with Gasteiger partial charge in [0.15, 0.2) is 0 Å². The van der Waals surface area contributed by atoms with Crippen molar-refractivity contribution in [3.05, 3.63) is 75.1 Å². The molecule has 1 unspecified atom stereocenters. The summed E-state index contributed by atoms with van der Waals surface area (Å²) < 4.78 is 42.9. The Kier molecular flexibility index (Phi) is 5.28. The normalized spacial score (nSPS) is 18.1. The summed E-state index contributed by atoms with van der Waals surface area (Å²) in [6.45, 7) is 2.80. The van der Waals surface area contributed by atoms with Crippen molar-refractivity contribution in [3.63, 3.8) is 0 Å². The molecule has 1 aliphatic heterocycles. The highest BCUT2D eigenvalue weighted by molar-refractivity contribution is 5.69. The van der Waals surface area contributed by atoms with Gasteiger partial charge in [-0.3, -0.25) is 4.79 Å². The van der Waals surface area contributed by atoms with E-state index in [9.17, 15) is 23.1 Å². The van der Waals surface area contributed by atoms with Crippen LogP contribution in [0.25, 0.3) is 16.9 Å². The first kappa shape index (κ1) is 21.7. The first-order valence-electron chi connectivity index (χ1n) is 11.1. The molecule has 2 aliphatic rings. The molecule has 172 valence electrons. The van der Waals surface area contributed by atoms with Gasteiger partial charge in [0.25, 0.3) is 5.56 Å². The zero-order valence-electron chi connectivity index (χ0n) is 18.2. The van der Waals surface area contributed by atoms with E-state index >= 15 is 0 Å². The van der Waals surface area contributed by atoms with Gasteiger partial charge < -0.3 is 10.0 Å². The average Bonchev–Trinajstić information content (AvgIpc) is 3.43. The first-order valence-corrected chi connectivity index (χ1v) is 11.1. The number of aliphatic hydroxyl groups is 1. The molecule has 0 radical (unpaired) electrons. The molecule has 33 heavy (non-hydrogen) atoms. The smallest absolute Gasteiger partial charge is 0.391 e. The maximum Gasteiger partial charge on any atom is 0.418 e. The van der Waals surface area contributed by atoms with Crippen molar-refractivity contribution in [3.8, 4) is 16.9 Å². The van der Waals surface area contributed by atoms with Gasteiger partial charge in [-0.05, 0) is 61.9 Å². The van der Waals surface area contributed by atoms with Crippen molar-refractivity contribution in [2.24, 2.45) is 0 Å². The van der Waals surface area contributed by atoms with Crippen LogP contribution in [0.2, 0.25) is 0 Å². The number of rotatable bonds is 3. The summed E-state index contributed by atoms with van der Waals surface area (Å²) >= 11 is 0. The third-order valence-corrected chi connectivity index (χ3v) is 6.60. The summed E-state index contributed by atoms with van der Waals surface area (Å²) in [5.41, 5.74) is 2.54. The Morgan fingerprint density at radius 1 is 1.09 bits per heavy atom. The van der Waals surface area contributed by atoms with E-state index in [2.05, 4.69) is 5.10 Å². The van der Waals surface area contributed by atoms with Crippen LogP contribution in [0, 0.1) is 6.92 Å². The molecule has 2 aromatic carbocycles. The van der Waals surface area contributed by atoms with Gasteiger partial charge in [0.05, 0.1) is 23.0 Å². The lowest BCUT2D eigenvalue weighted by atomic mass is 10.00. The molecule has 0 bridgehead atoms. The van der Waals surface area contributed by atoms with Crippen LogP contribution in [-0.4, -0.2) is 34.1 Å². The maximum absolute atomic E-state index is 14.0. The van der Waals surface area contributed by atoms with E-state index < -0.39 is 23.4 Å². The quantitative estimate of drug-likeness (QED) is 0.640. The minimum Gasteiger partial charge on any atom is -0.391 e. The number of benzene rings is 2. The van der Waals surface area contributed by atoms with Crippen molar-refractivity contribution in [1.29, 1.82) is 0 Å². The lowest BCUT2D eigenvalue weighted by molar-refractivity contribution is -0.137. The minimum atomic E-state index is -4.65. The summed E-state index contributed by atoms with van der Waals surface area (Å²) in [4.78, 5) is 15.2. The van der Waals surface area contributed by atoms with Crippen LogP contribution >= 0.6 is 0 Å². The van der Waals surface area contributed by atoms with E-state index in [4.69, 9.17) is 0 Å². The molecule has 5 rings (SSSR count). The number of hydrogen-bond donors (Lipinski definition) is 1. The van der Waals surface area contributed by atoms with Crippen molar-refractivity contribution in [2.45, 2.75) is 44.9 Å². The van der Waals surface area contributed by atoms with Gasteiger partial charge in [0, 0.05) is 29.9 Å². The first-order chi connectivity index (χ1) is 15.7. The number of nitrogens with zero attached hydrogens (tertiary/aromatic N) is 3. The van der Waals surface area contributed by atoms with Crippen LogP contribution in [0.1, 0.15) is 35.1 Å². The van der Waals surface area contributed by atoms with E-state index in [0.717, 1.165) is 33.9 Å². The number of anilines is 1. The topological polar surface area (TPSA) is 58.4 Å². The highest BCUT2D eigenvalue weighted by atomic mass is 19.4. The molecule has 2 heterocycles. The van der Waals surface area contributed by atoms with Crippen molar-refractivity contribution in [1.82, 2.24) is 9.78 Å². The number of fused-ring (bicyclic) bond motifs is 1. The summed E-state index contributed by atoms with van der Waals surface area (Å²) in [5, 5.41) is 14.4. The zero-order valence-corrected chi connectivity index (χ0v) is 18.2. The van der Waals surface area contributed by atoms with Gasteiger partial charge in [-0.1, -0.05) is 24.3 Å². The van der Waals surface area contributed by atoms with Gasteiger partial charge in [0.1, 0.15) is 0 Å². The number of hydrogen-bond acceptors (Lipinski definition) is 4. The second kappa shape index (κ2) is 8.02. The van der Waals surface area contributed by atoms with Crippen LogP contribution in [0.15, 0.2) is 47.3 Å². The SMILES string of the molecule is Cc1ccccc1-c1nn(-c2cc(N3CCC(O)C3)ccc2C(F)(F)F)c(=O)c2c1CCC2. The molecule has 0 amide bonds. The molecular formula is C25H24F3N3O2. The Balaban J connectivity index is 1.76. The van der Waals surface area contributed by atoms with Crippen LogP contribution < -0.4 is 10.5 Å². The molecule has 3 aromatic rings. The molecule has 5 nitrogen and oxygen atoms in total. The predicted molar refractivity (Wildman–Crippen MR) is 120 cm³/mol. The second-order valence-electron chi connectivity index (χ2n) is 8.78. The van der Waals surface area contributed by atoms with Crippen LogP contribution in [0.4, 0.5) is 18.9 Å². The van der Waals surface area contributed by atoms with Crippen molar-refractivity contribution >= 4 is 5.69 Å².